The summed E-state index contributed by atoms with van der Waals surface area (Å²) >= 11 is 0. The van der Waals surface area contributed by atoms with Crippen molar-refractivity contribution in [2.45, 2.75) is 44.2 Å². The standard InChI is InChI=1S/C17H24N2O2.ClH/c1-21-16-7-8-19(15(10-16)11-18)17(20)14-6-5-12-3-2-4-13(12)9-14;/h5-6,9,15-16H,2-4,7-8,10-11,18H2,1H3;1H. The summed E-state index contributed by atoms with van der Waals surface area (Å²) in [5.74, 6) is 0.120. The summed E-state index contributed by atoms with van der Waals surface area (Å²) in [5.41, 5.74) is 9.42. The number of hydrogen-bond acceptors (Lipinski definition) is 3. The summed E-state index contributed by atoms with van der Waals surface area (Å²) in [5, 5.41) is 0. The molecular weight excluding hydrogens is 300 g/mol. The first-order valence-corrected chi connectivity index (χ1v) is 7.88. The predicted octanol–water partition coefficient (Wildman–Crippen LogP) is 2.18. The summed E-state index contributed by atoms with van der Waals surface area (Å²) in [6.45, 7) is 1.23. The quantitative estimate of drug-likeness (QED) is 0.927. The molecule has 0 bridgehead atoms. The molecule has 1 amide bonds. The van der Waals surface area contributed by atoms with Gasteiger partial charge in [-0.2, -0.15) is 0 Å². The number of fused-ring (bicyclic) bond motifs is 1. The van der Waals surface area contributed by atoms with Gasteiger partial charge in [0.1, 0.15) is 0 Å². The van der Waals surface area contributed by atoms with Crippen molar-refractivity contribution >= 4 is 18.3 Å². The third-order valence-corrected chi connectivity index (χ3v) is 4.88. The van der Waals surface area contributed by atoms with Gasteiger partial charge < -0.3 is 15.4 Å². The Kier molecular flexibility index (Phi) is 5.84. The van der Waals surface area contributed by atoms with E-state index in [1.807, 2.05) is 11.0 Å². The largest absolute Gasteiger partial charge is 0.381 e. The highest BCUT2D eigenvalue weighted by Gasteiger charge is 2.31. The Labute approximate surface area is 138 Å². The maximum absolute atomic E-state index is 12.8. The Hall–Kier alpha value is -1.10. The Bertz CT molecular complexity index is 535. The monoisotopic (exact) mass is 324 g/mol. The molecule has 1 fully saturated rings. The van der Waals surface area contributed by atoms with Crippen LogP contribution in [0.4, 0.5) is 0 Å². The smallest absolute Gasteiger partial charge is 0.254 e. The minimum absolute atomic E-state index is 0. The van der Waals surface area contributed by atoms with Crippen LogP contribution >= 0.6 is 12.4 Å². The number of benzene rings is 1. The lowest BCUT2D eigenvalue weighted by Gasteiger charge is -2.38. The zero-order valence-corrected chi connectivity index (χ0v) is 13.9. The van der Waals surface area contributed by atoms with Crippen LogP contribution in [0, 0.1) is 0 Å². The Morgan fingerprint density at radius 3 is 2.86 bits per heavy atom. The van der Waals surface area contributed by atoms with Gasteiger partial charge in [-0.25, -0.2) is 0 Å². The minimum atomic E-state index is 0. The Morgan fingerprint density at radius 1 is 1.36 bits per heavy atom. The normalized spacial score (nSPS) is 23.8. The van der Waals surface area contributed by atoms with Crippen LogP contribution in [0.3, 0.4) is 0 Å². The van der Waals surface area contributed by atoms with Crippen molar-refractivity contribution in [3.63, 3.8) is 0 Å². The fourth-order valence-corrected chi connectivity index (χ4v) is 3.59. The van der Waals surface area contributed by atoms with Gasteiger partial charge in [0.2, 0.25) is 0 Å². The topological polar surface area (TPSA) is 55.6 Å². The molecule has 122 valence electrons. The number of ether oxygens (including phenoxy) is 1. The van der Waals surface area contributed by atoms with Crippen molar-refractivity contribution in [2.75, 3.05) is 20.2 Å². The van der Waals surface area contributed by atoms with E-state index >= 15 is 0 Å². The van der Waals surface area contributed by atoms with Gasteiger partial charge in [0, 0.05) is 31.8 Å². The van der Waals surface area contributed by atoms with Crippen molar-refractivity contribution < 1.29 is 9.53 Å². The lowest BCUT2D eigenvalue weighted by atomic mass is 9.97. The van der Waals surface area contributed by atoms with Gasteiger partial charge in [-0.05, 0) is 55.4 Å². The van der Waals surface area contributed by atoms with Gasteiger partial charge >= 0.3 is 0 Å². The van der Waals surface area contributed by atoms with E-state index in [0.29, 0.717) is 6.54 Å². The number of nitrogens with two attached hydrogens (primary N) is 1. The van der Waals surface area contributed by atoms with E-state index in [2.05, 4.69) is 12.1 Å². The van der Waals surface area contributed by atoms with Gasteiger partial charge in [-0.15, -0.1) is 12.4 Å². The summed E-state index contributed by atoms with van der Waals surface area (Å²) in [6.07, 6.45) is 5.41. The van der Waals surface area contributed by atoms with Crippen molar-refractivity contribution in [1.29, 1.82) is 0 Å². The Morgan fingerprint density at radius 2 is 2.14 bits per heavy atom. The van der Waals surface area contributed by atoms with E-state index in [-0.39, 0.29) is 30.5 Å². The zero-order valence-electron chi connectivity index (χ0n) is 13.1. The summed E-state index contributed by atoms with van der Waals surface area (Å²) in [7, 11) is 1.73. The van der Waals surface area contributed by atoms with E-state index < -0.39 is 0 Å². The number of carbonyl (C=O) groups excluding carboxylic acids is 1. The van der Waals surface area contributed by atoms with Crippen LogP contribution in [-0.4, -0.2) is 43.2 Å². The van der Waals surface area contributed by atoms with Crippen molar-refractivity contribution in [1.82, 2.24) is 4.90 Å². The van der Waals surface area contributed by atoms with Crippen LogP contribution in [0.1, 0.15) is 40.7 Å². The van der Waals surface area contributed by atoms with E-state index in [1.165, 1.54) is 17.5 Å². The van der Waals surface area contributed by atoms with Crippen molar-refractivity contribution in [2.24, 2.45) is 5.73 Å². The number of hydrogen-bond donors (Lipinski definition) is 1. The molecular formula is C17H25ClN2O2. The molecule has 0 radical (unpaired) electrons. The number of rotatable bonds is 3. The number of likely N-dealkylation sites (tertiary alicyclic amines) is 1. The molecule has 1 aliphatic heterocycles. The lowest BCUT2D eigenvalue weighted by Crippen LogP contribution is -2.51. The second-order valence-corrected chi connectivity index (χ2v) is 6.11. The van der Waals surface area contributed by atoms with Crippen LogP contribution in [0.15, 0.2) is 18.2 Å². The molecule has 1 aromatic rings. The number of nitrogens with zero attached hydrogens (tertiary/aromatic N) is 1. The molecule has 0 saturated carbocycles. The van der Waals surface area contributed by atoms with Crippen molar-refractivity contribution in [3.05, 3.63) is 34.9 Å². The predicted molar refractivity (Wildman–Crippen MR) is 89.6 cm³/mol. The van der Waals surface area contributed by atoms with E-state index in [1.54, 1.807) is 7.11 Å². The third kappa shape index (κ3) is 3.29. The van der Waals surface area contributed by atoms with Gasteiger partial charge in [0.05, 0.1) is 6.10 Å². The van der Waals surface area contributed by atoms with Gasteiger partial charge in [-0.3, -0.25) is 4.79 Å². The molecule has 2 atom stereocenters. The fourth-order valence-electron chi connectivity index (χ4n) is 3.59. The number of aryl methyl sites for hydroxylation is 2. The average Bonchev–Trinajstić information content (AvgIpc) is 3.01. The number of carbonyl (C=O) groups is 1. The van der Waals surface area contributed by atoms with Crippen LogP contribution in [0.2, 0.25) is 0 Å². The van der Waals surface area contributed by atoms with Gasteiger partial charge in [0.25, 0.3) is 5.91 Å². The van der Waals surface area contributed by atoms with Crippen molar-refractivity contribution in [3.8, 4) is 0 Å². The van der Waals surface area contributed by atoms with E-state index in [9.17, 15) is 4.79 Å². The minimum Gasteiger partial charge on any atom is -0.381 e. The van der Waals surface area contributed by atoms with E-state index in [4.69, 9.17) is 10.5 Å². The highest BCUT2D eigenvalue weighted by Crippen LogP contribution is 2.25. The molecule has 5 heteroatoms. The Balaban J connectivity index is 0.00000176. The number of amides is 1. The second kappa shape index (κ2) is 7.44. The molecule has 1 aliphatic carbocycles. The lowest BCUT2D eigenvalue weighted by molar-refractivity contribution is 0.0139. The van der Waals surface area contributed by atoms with Gasteiger partial charge in [-0.1, -0.05) is 6.07 Å². The molecule has 0 spiro atoms. The van der Waals surface area contributed by atoms with Crippen LogP contribution in [0.5, 0.6) is 0 Å². The van der Waals surface area contributed by atoms with Gasteiger partial charge in [0.15, 0.2) is 0 Å². The highest BCUT2D eigenvalue weighted by molar-refractivity contribution is 5.94. The van der Waals surface area contributed by atoms with Crippen LogP contribution < -0.4 is 5.73 Å². The first-order valence-electron chi connectivity index (χ1n) is 7.88. The van der Waals surface area contributed by atoms with E-state index in [0.717, 1.165) is 37.8 Å². The molecule has 2 aliphatic rings. The zero-order chi connectivity index (χ0) is 14.8. The summed E-state index contributed by atoms with van der Waals surface area (Å²) in [6, 6.07) is 6.27. The molecule has 3 rings (SSSR count). The molecule has 2 unspecified atom stereocenters. The second-order valence-electron chi connectivity index (χ2n) is 6.11. The maximum atomic E-state index is 12.8. The fraction of sp³-hybridized carbons (Fsp3) is 0.588. The molecule has 1 heterocycles. The van der Waals surface area contributed by atoms with Crippen LogP contribution in [-0.2, 0) is 17.6 Å². The molecule has 4 nitrogen and oxygen atoms in total. The third-order valence-electron chi connectivity index (χ3n) is 4.88. The highest BCUT2D eigenvalue weighted by atomic mass is 35.5. The van der Waals surface area contributed by atoms with Crippen LogP contribution in [0.25, 0.3) is 0 Å². The number of piperidine rings is 1. The number of methoxy groups -OCH3 is 1. The first-order chi connectivity index (χ1) is 10.2. The molecule has 0 aromatic heterocycles. The average molecular weight is 325 g/mol. The molecule has 22 heavy (non-hydrogen) atoms. The first kappa shape index (κ1) is 17.3. The number of halogens is 1. The SMILES string of the molecule is COC1CCN(C(=O)c2ccc3c(c2)CCC3)C(CN)C1.Cl. The molecule has 1 saturated heterocycles. The molecule has 2 N–H and O–H groups in total. The summed E-state index contributed by atoms with van der Waals surface area (Å²) < 4.78 is 5.42. The molecule has 1 aromatic carbocycles. The maximum Gasteiger partial charge on any atom is 0.254 e. The summed E-state index contributed by atoms with van der Waals surface area (Å²) in [4.78, 5) is 14.7.